The van der Waals surface area contributed by atoms with Crippen LogP contribution in [0.5, 0.6) is 0 Å². The van der Waals surface area contributed by atoms with Gasteiger partial charge in [0.2, 0.25) is 0 Å². The second kappa shape index (κ2) is 7.58. The van der Waals surface area contributed by atoms with E-state index in [0.717, 1.165) is 10.5 Å². The summed E-state index contributed by atoms with van der Waals surface area (Å²) in [6.45, 7) is 2.27. The zero-order valence-corrected chi connectivity index (χ0v) is 12.3. The number of nitrogens with one attached hydrogen (secondary N) is 2. The molecule has 0 heterocycles. The summed E-state index contributed by atoms with van der Waals surface area (Å²) in [7, 11) is 1.26. The highest BCUT2D eigenvalue weighted by Crippen LogP contribution is 2.15. The van der Waals surface area contributed by atoms with Crippen LogP contribution in [0.3, 0.4) is 0 Å². The van der Waals surface area contributed by atoms with Gasteiger partial charge >= 0.3 is 5.97 Å². The van der Waals surface area contributed by atoms with Crippen molar-refractivity contribution in [3.63, 3.8) is 0 Å². The number of carbonyl (C=O) groups excluding carboxylic acids is 2. The molecule has 0 aromatic heterocycles. The number of halogens is 1. The number of anilines is 1. The molecular formula is C13H15BrN2O3. The van der Waals surface area contributed by atoms with Crippen molar-refractivity contribution >= 4 is 33.5 Å². The first-order chi connectivity index (χ1) is 9.06. The van der Waals surface area contributed by atoms with Crippen LogP contribution < -0.4 is 10.6 Å². The predicted octanol–water partition coefficient (Wildman–Crippen LogP) is 2.05. The van der Waals surface area contributed by atoms with E-state index in [0.29, 0.717) is 12.2 Å². The first-order valence-corrected chi connectivity index (χ1v) is 6.46. The van der Waals surface area contributed by atoms with Gasteiger partial charge in [-0.05, 0) is 31.2 Å². The number of hydrogen-bond donors (Lipinski definition) is 2. The molecule has 0 spiro atoms. The topological polar surface area (TPSA) is 67.4 Å². The molecule has 1 rings (SSSR count). The molecule has 0 aliphatic rings. The molecule has 5 nitrogen and oxygen atoms in total. The Morgan fingerprint density at radius 3 is 2.47 bits per heavy atom. The average Bonchev–Trinajstić information content (AvgIpc) is 2.40. The highest BCUT2D eigenvalue weighted by atomic mass is 79.9. The number of likely N-dealkylation sites (N-methyl/N-ethyl adjacent to an activating group) is 1. The van der Waals surface area contributed by atoms with Crippen molar-refractivity contribution in [1.82, 2.24) is 5.32 Å². The van der Waals surface area contributed by atoms with Gasteiger partial charge in [0.25, 0.3) is 5.91 Å². The van der Waals surface area contributed by atoms with Crippen LogP contribution >= 0.6 is 15.9 Å². The molecule has 0 bridgehead atoms. The third-order valence-corrected chi connectivity index (χ3v) is 2.70. The molecule has 0 aliphatic carbocycles. The van der Waals surface area contributed by atoms with Crippen LogP contribution in [-0.4, -0.2) is 25.5 Å². The maximum atomic E-state index is 11.8. The molecule has 102 valence electrons. The number of hydrogen-bond acceptors (Lipinski definition) is 4. The Morgan fingerprint density at radius 2 is 1.95 bits per heavy atom. The fraction of sp³-hybridized carbons (Fsp3) is 0.231. The molecule has 0 saturated carbocycles. The quantitative estimate of drug-likeness (QED) is 0.642. The molecule has 1 aromatic carbocycles. The van der Waals surface area contributed by atoms with E-state index in [1.807, 2.05) is 12.1 Å². The summed E-state index contributed by atoms with van der Waals surface area (Å²) >= 11 is 3.32. The molecule has 1 amide bonds. The second-order valence-electron chi connectivity index (χ2n) is 3.57. The van der Waals surface area contributed by atoms with E-state index in [-0.39, 0.29) is 11.6 Å². The molecule has 0 atom stereocenters. The van der Waals surface area contributed by atoms with Gasteiger partial charge < -0.3 is 15.4 Å². The maximum Gasteiger partial charge on any atom is 0.332 e. The molecule has 2 N–H and O–H groups in total. The lowest BCUT2D eigenvalue weighted by molar-refractivity contribution is -0.135. The van der Waals surface area contributed by atoms with Gasteiger partial charge in [0, 0.05) is 16.7 Å². The fourth-order valence-corrected chi connectivity index (χ4v) is 1.54. The minimum absolute atomic E-state index is 0.135. The highest BCUT2D eigenvalue weighted by molar-refractivity contribution is 9.10. The van der Waals surface area contributed by atoms with Gasteiger partial charge in [-0.1, -0.05) is 15.9 Å². The van der Waals surface area contributed by atoms with Crippen molar-refractivity contribution in [3.05, 3.63) is 40.5 Å². The van der Waals surface area contributed by atoms with Gasteiger partial charge in [-0.2, -0.15) is 0 Å². The average molecular weight is 327 g/mol. The first-order valence-electron chi connectivity index (χ1n) is 5.67. The molecule has 19 heavy (non-hydrogen) atoms. The molecule has 0 unspecified atom stereocenters. The number of carbonyl (C=O) groups is 2. The van der Waals surface area contributed by atoms with Gasteiger partial charge in [0.05, 0.1) is 13.2 Å². The van der Waals surface area contributed by atoms with E-state index in [4.69, 9.17) is 0 Å². The third kappa shape index (κ3) is 5.13. The molecule has 0 radical (unpaired) electrons. The Labute approximate surface area is 120 Å². The highest BCUT2D eigenvalue weighted by Gasteiger charge is 2.11. The summed E-state index contributed by atoms with van der Waals surface area (Å²) < 4.78 is 5.45. The Bertz CT molecular complexity index is 483. The molecule has 1 aromatic rings. The predicted molar refractivity (Wildman–Crippen MR) is 76.5 cm³/mol. The van der Waals surface area contributed by atoms with Crippen LogP contribution in [0.1, 0.15) is 6.92 Å². The number of ether oxygens (including phenoxy) is 1. The molecule has 0 aliphatic heterocycles. The van der Waals surface area contributed by atoms with Crippen molar-refractivity contribution in [3.8, 4) is 0 Å². The number of amides is 1. The van der Waals surface area contributed by atoms with Crippen LogP contribution in [0.2, 0.25) is 0 Å². The van der Waals surface area contributed by atoms with Gasteiger partial charge in [0.15, 0.2) is 0 Å². The Balaban J connectivity index is 2.91. The maximum absolute atomic E-state index is 11.8. The van der Waals surface area contributed by atoms with Crippen molar-refractivity contribution in [2.75, 3.05) is 19.0 Å². The van der Waals surface area contributed by atoms with Gasteiger partial charge in [-0.3, -0.25) is 4.79 Å². The van der Waals surface area contributed by atoms with Crippen molar-refractivity contribution < 1.29 is 14.3 Å². The Morgan fingerprint density at radius 1 is 1.32 bits per heavy atom. The summed E-state index contributed by atoms with van der Waals surface area (Å²) in [5.41, 5.74) is 0.834. The Hall–Kier alpha value is -1.82. The summed E-state index contributed by atoms with van der Waals surface area (Å²) in [6.07, 6.45) is 1.12. The third-order valence-electron chi connectivity index (χ3n) is 2.17. The lowest BCUT2D eigenvalue weighted by Gasteiger charge is -2.10. The first kappa shape index (κ1) is 15.2. The fourth-order valence-electron chi connectivity index (χ4n) is 1.28. The summed E-state index contributed by atoms with van der Waals surface area (Å²) in [5, 5.41) is 5.50. The zero-order valence-electron chi connectivity index (χ0n) is 10.7. The largest absolute Gasteiger partial charge is 0.466 e. The van der Waals surface area contributed by atoms with E-state index in [2.05, 4.69) is 31.3 Å². The lowest BCUT2D eigenvalue weighted by Crippen LogP contribution is -2.28. The molecule has 6 heteroatoms. The molecule has 0 saturated heterocycles. The molecular weight excluding hydrogens is 312 g/mol. The minimum atomic E-state index is -0.592. The van der Waals surface area contributed by atoms with Crippen molar-refractivity contribution in [1.29, 1.82) is 0 Å². The minimum Gasteiger partial charge on any atom is -0.466 e. The van der Waals surface area contributed by atoms with E-state index >= 15 is 0 Å². The van der Waals surface area contributed by atoms with Crippen LogP contribution in [0, 0.1) is 0 Å². The Kier molecular flexibility index (Phi) is 6.08. The zero-order chi connectivity index (χ0) is 14.3. The van der Waals surface area contributed by atoms with E-state index in [1.165, 1.54) is 7.11 Å². The smallest absolute Gasteiger partial charge is 0.332 e. The number of benzene rings is 1. The van der Waals surface area contributed by atoms with Gasteiger partial charge in [-0.15, -0.1) is 0 Å². The van der Waals surface area contributed by atoms with E-state index in [1.54, 1.807) is 19.1 Å². The second-order valence-corrected chi connectivity index (χ2v) is 4.49. The van der Waals surface area contributed by atoms with Gasteiger partial charge in [-0.25, -0.2) is 4.79 Å². The summed E-state index contributed by atoms with van der Waals surface area (Å²) in [5.74, 6) is -0.957. The van der Waals surface area contributed by atoms with Crippen LogP contribution in [0.4, 0.5) is 5.69 Å². The molecule has 0 fully saturated rings. The number of rotatable bonds is 5. The summed E-state index contributed by atoms with van der Waals surface area (Å²) in [4.78, 5) is 23.1. The number of methoxy groups -OCH3 is 1. The lowest BCUT2D eigenvalue weighted by atomic mass is 10.3. The monoisotopic (exact) mass is 326 g/mol. The van der Waals surface area contributed by atoms with Crippen molar-refractivity contribution in [2.24, 2.45) is 0 Å². The van der Waals surface area contributed by atoms with E-state index in [9.17, 15) is 9.59 Å². The van der Waals surface area contributed by atoms with Crippen LogP contribution in [-0.2, 0) is 14.3 Å². The van der Waals surface area contributed by atoms with Crippen molar-refractivity contribution in [2.45, 2.75) is 6.92 Å². The summed E-state index contributed by atoms with van der Waals surface area (Å²) in [6, 6.07) is 7.23. The van der Waals surface area contributed by atoms with Gasteiger partial charge in [0.1, 0.15) is 5.70 Å². The van der Waals surface area contributed by atoms with E-state index < -0.39 is 5.97 Å². The standard InChI is InChI=1S/C13H15BrN2O3/c1-3-15-13(18)11(8-12(17)19-2)16-10-6-4-9(14)5-7-10/h4-8,16H,3H2,1-2H3,(H,15,18)/b11-8-. The normalized spacial score (nSPS) is 10.8. The SMILES string of the molecule is CCNC(=O)/C(=C/C(=O)OC)Nc1ccc(Br)cc1. The van der Waals surface area contributed by atoms with Crippen LogP contribution in [0.25, 0.3) is 0 Å². The van der Waals surface area contributed by atoms with Crippen LogP contribution in [0.15, 0.2) is 40.5 Å². The number of esters is 1.